The van der Waals surface area contributed by atoms with E-state index in [9.17, 15) is 14.4 Å². The van der Waals surface area contributed by atoms with Crippen LogP contribution in [0.25, 0.3) is 0 Å². The second-order valence-electron chi connectivity index (χ2n) is 5.65. The third-order valence-electron chi connectivity index (χ3n) is 3.94. The monoisotopic (exact) mass is 328 g/mol. The number of hydrogen-bond acceptors (Lipinski definition) is 4. The zero-order chi connectivity index (χ0) is 16.6. The van der Waals surface area contributed by atoms with Crippen LogP contribution in [0.1, 0.15) is 27.0 Å². The number of amides is 3. The summed E-state index contributed by atoms with van der Waals surface area (Å²) >= 11 is 1.36. The number of nitrogens with zero attached hydrogens (tertiary/aromatic N) is 1. The minimum Gasteiger partial charge on any atom is -0.319 e. The normalized spacial score (nSPS) is 20.7. The van der Waals surface area contributed by atoms with E-state index in [4.69, 9.17) is 0 Å². The highest BCUT2D eigenvalue weighted by molar-refractivity contribution is 7.14. The fourth-order valence-electron chi connectivity index (χ4n) is 2.61. The van der Waals surface area contributed by atoms with E-state index in [1.54, 1.807) is 25.1 Å². The molecule has 2 aromatic rings. The highest BCUT2D eigenvalue weighted by atomic mass is 32.1. The standard InChI is InChI=1S/C17H16N2O3S/c1-11-8-9-14(23-11)13(20)10-19-15(21)17(2,18-16(19)22)12-6-4-3-5-7-12/h3-9H,10H2,1-2H3,(H,18,22)/t17-/m1/s1. The maximum atomic E-state index is 12.7. The summed E-state index contributed by atoms with van der Waals surface area (Å²) in [4.78, 5) is 39.7. The van der Waals surface area contributed by atoms with E-state index in [0.717, 1.165) is 9.78 Å². The van der Waals surface area contributed by atoms with Gasteiger partial charge < -0.3 is 5.32 Å². The molecular weight excluding hydrogens is 312 g/mol. The molecule has 5 nitrogen and oxygen atoms in total. The minimum absolute atomic E-state index is 0.232. The number of Topliss-reactive ketones (excluding diaryl/α,β-unsaturated/α-hetero) is 1. The van der Waals surface area contributed by atoms with E-state index in [2.05, 4.69) is 5.32 Å². The van der Waals surface area contributed by atoms with Crippen molar-refractivity contribution >= 4 is 29.1 Å². The lowest BCUT2D eigenvalue weighted by Gasteiger charge is -2.21. The molecule has 0 radical (unpaired) electrons. The summed E-state index contributed by atoms with van der Waals surface area (Å²) in [5.41, 5.74) is -0.440. The van der Waals surface area contributed by atoms with E-state index in [1.165, 1.54) is 11.3 Å². The van der Waals surface area contributed by atoms with Crippen LogP contribution in [-0.4, -0.2) is 29.2 Å². The average Bonchev–Trinajstić information content (AvgIpc) is 3.06. The first-order valence-electron chi connectivity index (χ1n) is 7.21. The number of rotatable bonds is 4. The van der Waals surface area contributed by atoms with E-state index in [0.29, 0.717) is 10.4 Å². The molecule has 1 aliphatic rings. The summed E-state index contributed by atoms with van der Waals surface area (Å²) in [5.74, 6) is -0.640. The third-order valence-corrected chi connectivity index (χ3v) is 4.98. The molecule has 0 unspecified atom stereocenters. The van der Waals surface area contributed by atoms with Gasteiger partial charge in [0.2, 0.25) is 0 Å². The van der Waals surface area contributed by atoms with Gasteiger partial charge in [-0.1, -0.05) is 30.3 Å². The molecule has 2 heterocycles. The molecule has 118 valence electrons. The third kappa shape index (κ3) is 2.66. The van der Waals surface area contributed by atoms with Gasteiger partial charge in [0.05, 0.1) is 11.4 Å². The van der Waals surface area contributed by atoms with E-state index in [1.807, 2.05) is 31.2 Å². The number of urea groups is 1. The van der Waals surface area contributed by atoms with Crippen LogP contribution in [0.5, 0.6) is 0 Å². The molecule has 1 N–H and O–H groups in total. The Labute approximate surface area is 137 Å². The highest BCUT2D eigenvalue weighted by Gasteiger charge is 2.49. The minimum atomic E-state index is -1.13. The first-order valence-corrected chi connectivity index (χ1v) is 8.03. The Balaban J connectivity index is 1.83. The van der Waals surface area contributed by atoms with Crippen LogP contribution >= 0.6 is 11.3 Å². The van der Waals surface area contributed by atoms with Gasteiger partial charge in [0, 0.05) is 4.88 Å². The molecule has 3 amide bonds. The average molecular weight is 328 g/mol. The van der Waals surface area contributed by atoms with Crippen molar-refractivity contribution in [3.05, 3.63) is 57.8 Å². The van der Waals surface area contributed by atoms with E-state index in [-0.39, 0.29) is 12.3 Å². The van der Waals surface area contributed by atoms with Gasteiger partial charge in [0.15, 0.2) is 5.78 Å². The molecule has 1 aromatic carbocycles. The van der Waals surface area contributed by atoms with Gasteiger partial charge >= 0.3 is 6.03 Å². The number of ketones is 1. The summed E-state index contributed by atoms with van der Waals surface area (Å²) in [6.07, 6.45) is 0. The number of carbonyl (C=O) groups excluding carboxylic acids is 3. The molecule has 6 heteroatoms. The molecule has 1 aromatic heterocycles. The molecule has 1 fully saturated rings. The van der Waals surface area contributed by atoms with Crippen molar-refractivity contribution in [3.63, 3.8) is 0 Å². The lowest BCUT2D eigenvalue weighted by Crippen LogP contribution is -2.41. The molecular formula is C17H16N2O3S. The number of benzene rings is 1. The van der Waals surface area contributed by atoms with E-state index >= 15 is 0 Å². The Bertz CT molecular complexity index is 784. The van der Waals surface area contributed by atoms with Crippen molar-refractivity contribution in [2.75, 3.05) is 6.54 Å². The second-order valence-corrected chi connectivity index (χ2v) is 6.93. The summed E-state index contributed by atoms with van der Waals surface area (Å²) in [5, 5.41) is 2.70. The van der Waals surface area contributed by atoms with Crippen LogP contribution in [-0.2, 0) is 10.3 Å². The van der Waals surface area contributed by atoms with Crippen molar-refractivity contribution in [2.45, 2.75) is 19.4 Å². The summed E-state index contributed by atoms with van der Waals surface area (Å²) < 4.78 is 0. The van der Waals surface area contributed by atoms with Gasteiger partial charge in [0.25, 0.3) is 5.91 Å². The molecule has 0 saturated carbocycles. The summed E-state index contributed by atoms with van der Waals surface area (Å²) in [7, 11) is 0. The van der Waals surface area contributed by atoms with Gasteiger partial charge in [-0.05, 0) is 31.5 Å². The second kappa shape index (κ2) is 5.62. The number of aryl methyl sites for hydroxylation is 1. The number of hydrogen-bond donors (Lipinski definition) is 1. The summed E-state index contributed by atoms with van der Waals surface area (Å²) in [6.45, 7) is 3.32. The number of nitrogens with one attached hydrogen (secondary N) is 1. The molecule has 1 atom stereocenters. The predicted octanol–water partition coefficient (Wildman–Crippen LogP) is 2.71. The molecule has 0 bridgehead atoms. The summed E-state index contributed by atoms with van der Waals surface area (Å²) in [6, 6.07) is 12.1. The topological polar surface area (TPSA) is 66.5 Å². The van der Waals surface area contributed by atoms with Crippen LogP contribution in [0.2, 0.25) is 0 Å². The van der Waals surface area contributed by atoms with Gasteiger partial charge in [0.1, 0.15) is 5.54 Å². The number of imide groups is 1. The van der Waals surface area contributed by atoms with Crippen LogP contribution < -0.4 is 5.32 Å². The quantitative estimate of drug-likeness (QED) is 0.693. The first kappa shape index (κ1) is 15.4. The van der Waals surface area contributed by atoms with Crippen LogP contribution in [0, 0.1) is 6.92 Å². The maximum absolute atomic E-state index is 12.7. The Hall–Kier alpha value is -2.47. The largest absolute Gasteiger partial charge is 0.325 e. The van der Waals surface area contributed by atoms with E-state index < -0.39 is 17.5 Å². The SMILES string of the molecule is Cc1ccc(C(=O)CN2C(=O)N[C@](C)(c3ccccc3)C2=O)s1. The fraction of sp³-hybridized carbons (Fsp3) is 0.235. The van der Waals surface area contributed by atoms with Gasteiger partial charge in [-0.25, -0.2) is 4.79 Å². The smallest absolute Gasteiger partial charge is 0.319 e. The Morgan fingerprint density at radius 3 is 2.48 bits per heavy atom. The zero-order valence-corrected chi connectivity index (χ0v) is 13.6. The highest BCUT2D eigenvalue weighted by Crippen LogP contribution is 2.29. The molecule has 1 aliphatic heterocycles. The van der Waals surface area contributed by atoms with Gasteiger partial charge in [-0.2, -0.15) is 0 Å². The fourth-order valence-corrected chi connectivity index (χ4v) is 3.41. The maximum Gasteiger partial charge on any atom is 0.325 e. The molecule has 3 rings (SSSR count). The predicted molar refractivity (Wildman–Crippen MR) is 87.4 cm³/mol. The van der Waals surface area contributed by atoms with Gasteiger partial charge in [-0.15, -0.1) is 11.3 Å². The van der Waals surface area contributed by atoms with Crippen LogP contribution in [0.4, 0.5) is 4.79 Å². The number of thiophene rings is 1. The molecule has 1 saturated heterocycles. The molecule has 0 spiro atoms. The number of carbonyl (C=O) groups is 3. The Kier molecular flexibility index (Phi) is 3.77. The van der Waals surface area contributed by atoms with Crippen LogP contribution in [0.3, 0.4) is 0 Å². The van der Waals surface area contributed by atoms with Crippen molar-refractivity contribution in [1.82, 2.24) is 10.2 Å². The first-order chi connectivity index (χ1) is 10.9. The van der Waals surface area contributed by atoms with Crippen LogP contribution in [0.15, 0.2) is 42.5 Å². The van der Waals surface area contributed by atoms with Crippen molar-refractivity contribution < 1.29 is 14.4 Å². The van der Waals surface area contributed by atoms with Gasteiger partial charge in [-0.3, -0.25) is 14.5 Å². The van der Waals surface area contributed by atoms with Crippen molar-refractivity contribution in [2.24, 2.45) is 0 Å². The Morgan fingerprint density at radius 2 is 1.87 bits per heavy atom. The zero-order valence-electron chi connectivity index (χ0n) is 12.8. The lowest BCUT2D eigenvalue weighted by atomic mass is 9.92. The van der Waals surface area contributed by atoms with Crippen molar-refractivity contribution in [3.8, 4) is 0 Å². The molecule has 23 heavy (non-hydrogen) atoms. The van der Waals surface area contributed by atoms with Crippen molar-refractivity contribution in [1.29, 1.82) is 0 Å². The molecule has 0 aliphatic carbocycles. The lowest BCUT2D eigenvalue weighted by molar-refractivity contribution is -0.130. The Morgan fingerprint density at radius 1 is 1.17 bits per heavy atom.